The number of nitrogens with one attached hydrogen (secondary N) is 1. The molecule has 26 heavy (non-hydrogen) atoms. The van der Waals surface area contributed by atoms with Crippen LogP contribution in [0.3, 0.4) is 0 Å². The van der Waals surface area contributed by atoms with E-state index < -0.39 is 0 Å². The molecule has 0 bridgehead atoms. The van der Waals surface area contributed by atoms with E-state index in [9.17, 15) is 0 Å². The monoisotopic (exact) mass is 347 g/mol. The molecule has 0 saturated carbocycles. The number of hydrogen-bond donors (Lipinski definition) is 1. The second-order valence-electron chi connectivity index (χ2n) is 6.10. The Bertz CT molecular complexity index is 1020. The van der Waals surface area contributed by atoms with Gasteiger partial charge in [0.2, 0.25) is 0 Å². The van der Waals surface area contributed by atoms with Crippen LogP contribution in [0.15, 0.2) is 49.4 Å². The molecule has 1 N–H and O–H groups in total. The number of anilines is 2. The Morgan fingerprint density at radius 3 is 2.54 bits per heavy atom. The lowest BCUT2D eigenvalue weighted by atomic mass is 10.2. The number of rotatable bonds is 3. The summed E-state index contributed by atoms with van der Waals surface area (Å²) in [5.74, 6) is 2.67. The zero-order chi connectivity index (χ0) is 17.3. The molecule has 1 saturated heterocycles. The maximum absolute atomic E-state index is 4.49. The zero-order valence-corrected chi connectivity index (χ0v) is 14.0. The maximum Gasteiger partial charge on any atom is 0.158 e. The minimum Gasteiger partial charge on any atom is -0.353 e. The van der Waals surface area contributed by atoms with Gasteiger partial charge in [0.25, 0.3) is 0 Å². The van der Waals surface area contributed by atoms with Crippen LogP contribution < -0.4 is 9.80 Å². The van der Waals surface area contributed by atoms with Gasteiger partial charge >= 0.3 is 0 Å². The Labute approximate surface area is 149 Å². The highest BCUT2D eigenvalue weighted by molar-refractivity contribution is 5.87. The number of H-pyrrole nitrogens is 1. The highest BCUT2D eigenvalue weighted by atomic mass is 15.3. The minimum absolute atomic E-state index is 0.771. The Kier molecular flexibility index (Phi) is 3.48. The molecular weight excluding hydrogens is 330 g/mol. The van der Waals surface area contributed by atoms with Crippen molar-refractivity contribution < 1.29 is 0 Å². The van der Waals surface area contributed by atoms with Gasteiger partial charge in [-0.1, -0.05) is 0 Å². The van der Waals surface area contributed by atoms with Gasteiger partial charge in [0, 0.05) is 50.8 Å². The van der Waals surface area contributed by atoms with E-state index in [-0.39, 0.29) is 0 Å². The molecule has 0 aliphatic carbocycles. The zero-order valence-electron chi connectivity index (χ0n) is 14.0. The van der Waals surface area contributed by atoms with E-state index in [1.54, 1.807) is 23.5 Å². The second-order valence-corrected chi connectivity index (χ2v) is 6.10. The summed E-state index contributed by atoms with van der Waals surface area (Å²) < 4.78 is 1.74. The van der Waals surface area contributed by atoms with Gasteiger partial charge in [-0.25, -0.2) is 24.6 Å². The average Bonchev–Trinajstić information content (AvgIpc) is 3.40. The molecule has 0 atom stereocenters. The molecule has 9 heteroatoms. The summed E-state index contributed by atoms with van der Waals surface area (Å²) in [5, 5.41) is 5.29. The third kappa shape index (κ3) is 2.53. The van der Waals surface area contributed by atoms with Crippen LogP contribution in [0, 0.1) is 0 Å². The SMILES string of the molecule is c1cnn(-c2cc(N3CCN(c4ncnc5[nH]ccc45)CC3)ncn2)c1. The van der Waals surface area contributed by atoms with Crippen molar-refractivity contribution in [1.82, 2.24) is 34.7 Å². The van der Waals surface area contributed by atoms with Gasteiger partial charge in [-0.2, -0.15) is 5.10 Å². The minimum atomic E-state index is 0.771. The van der Waals surface area contributed by atoms with Crippen molar-refractivity contribution >= 4 is 22.7 Å². The molecule has 1 aliphatic rings. The van der Waals surface area contributed by atoms with E-state index in [0.717, 1.165) is 54.7 Å². The first-order valence-corrected chi connectivity index (χ1v) is 8.48. The first-order valence-electron chi connectivity index (χ1n) is 8.48. The molecule has 4 aromatic rings. The van der Waals surface area contributed by atoms with Crippen LogP contribution in [-0.2, 0) is 0 Å². The van der Waals surface area contributed by atoms with Gasteiger partial charge in [0.05, 0.1) is 5.39 Å². The molecule has 0 radical (unpaired) electrons. The van der Waals surface area contributed by atoms with Gasteiger partial charge in [-0.15, -0.1) is 0 Å². The summed E-state index contributed by atoms with van der Waals surface area (Å²) in [6.45, 7) is 3.48. The van der Waals surface area contributed by atoms with Crippen LogP contribution in [0.25, 0.3) is 16.9 Å². The molecule has 4 aromatic heterocycles. The van der Waals surface area contributed by atoms with Gasteiger partial charge in [-0.05, 0) is 12.1 Å². The quantitative estimate of drug-likeness (QED) is 0.596. The number of nitrogens with zero attached hydrogens (tertiary/aromatic N) is 8. The largest absolute Gasteiger partial charge is 0.353 e. The number of aromatic nitrogens is 7. The van der Waals surface area contributed by atoms with Crippen molar-refractivity contribution in [2.24, 2.45) is 0 Å². The normalized spacial score (nSPS) is 14.9. The van der Waals surface area contributed by atoms with E-state index in [0.29, 0.717) is 0 Å². The van der Waals surface area contributed by atoms with E-state index >= 15 is 0 Å². The molecule has 0 unspecified atom stereocenters. The molecule has 1 aliphatic heterocycles. The van der Waals surface area contributed by atoms with Gasteiger partial charge in [-0.3, -0.25) is 0 Å². The van der Waals surface area contributed by atoms with Crippen molar-refractivity contribution in [3.8, 4) is 5.82 Å². The van der Waals surface area contributed by atoms with Crippen LogP contribution >= 0.6 is 0 Å². The molecule has 0 amide bonds. The first kappa shape index (κ1) is 14.8. The predicted octanol–water partition coefficient (Wildman–Crippen LogP) is 1.26. The van der Waals surface area contributed by atoms with Crippen LogP contribution in [0.2, 0.25) is 0 Å². The molecule has 1 fully saturated rings. The smallest absolute Gasteiger partial charge is 0.158 e. The summed E-state index contributed by atoms with van der Waals surface area (Å²) in [6.07, 6.45) is 8.72. The summed E-state index contributed by atoms with van der Waals surface area (Å²) >= 11 is 0. The van der Waals surface area contributed by atoms with Crippen LogP contribution in [0.4, 0.5) is 11.6 Å². The number of fused-ring (bicyclic) bond motifs is 1. The number of aromatic amines is 1. The molecule has 0 spiro atoms. The highest BCUT2D eigenvalue weighted by Crippen LogP contribution is 2.24. The Morgan fingerprint density at radius 2 is 1.69 bits per heavy atom. The van der Waals surface area contributed by atoms with Crippen LogP contribution in [-0.4, -0.2) is 60.9 Å². The summed E-state index contributed by atoms with van der Waals surface area (Å²) in [4.78, 5) is 25.2. The summed E-state index contributed by atoms with van der Waals surface area (Å²) in [7, 11) is 0. The highest BCUT2D eigenvalue weighted by Gasteiger charge is 2.21. The lowest BCUT2D eigenvalue weighted by molar-refractivity contribution is 0.641. The standard InChI is InChI=1S/C17H17N9/c1-3-23-26(5-1)15-10-14(19-11-20-15)24-6-8-25(9-7-24)17-13-2-4-18-16(13)21-12-22-17/h1-5,10-12H,6-9H2,(H,18,21,22). The third-order valence-corrected chi connectivity index (χ3v) is 4.61. The molecular formula is C17H17N9. The molecule has 9 nitrogen and oxygen atoms in total. The van der Waals surface area contributed by atoms with Gasteiger partial charge in [0.1, 0.15) is 29.9 Å². The Balaban J connectivity index is 1.35. The Morgan fingerprint density at radius 1 is 0.885 bits per heavy atom. The van der Waals surface area contributed by atoms with E-state index in [4.69, 9.17) is 0 Å². The Hall–Kier alpha value is -3.49. The van der Waals surface area contributed by atoms with Crippen molar-refractivity contribution in [3.63, 3.8) is 0 Å². The molecule has 5 rings (SSSR count). The average molecular weight is 347 g/mol. The predicted molar refractivity (Wildman–Crippen MR) is 97.5 cm³/mol. The fraction of sp³-hybridized carbons (Fsp3) is 0.235. The second kappa shape index (κ2) is 6.10. The molecule has 5 heterocycles. The molecule has 0 aromatic carbocycles. The topological polar surface area (TPSA) is 91.7 Å². The summed E-state index contributed by atoms with van der Waals surface area (Å²) in [6, 6.07) is 5.87. The maximum atomic E-state index is 4.49. The van der Waals surface area contributed by atoms with Crippen molar-refractivity contribution in [3.05, 3.63) is 49.4 Å². The fourth-order valence-electron chi connectivity index (χ4n) is 3.30. The van der Waals surface area contributed by atoms with E-state index in [2.05, 4.69) is 39.8 Å². The lowest BCUT2D eigenvalue weighted by Gasteiger charge is -2.36. The van der Waals surface area contributed by atoms with Gasteiger partial charge < -0.3 is 14.8 Å². The number of piperazine rings is 1. The molecule has 130 valence electrons. The van der Waals surface area contributed by atoms with Crippen LogP contribution in [0.1, 0.15) is 0 Å². The van der Waals surface area contributed by atoms with Crippen molar-refractivity contribution in [1.29, 1.82) is 0 Å². The van der Waals surface area contributed by atoms with E-state index in [1.165, 1.54) is 0 Å². The van der Waals surface area contributed by atoms with Crippen molar-refractivity contribution in [2.45, 2.75) is 0 Å². The van der Waals surface area contributed by atoms with E-state index in [1.807, 2.05) is 30.6 Å². The summed E-state index contributed by atoms with van der Waals surface area (Å²) in [5.41, 5.74) is 0.872. The first-order chi connectivity index (χ1) is 12.9. The third-order valence-electron chi connectivity index (χ3n) is 4.61. The van der Waals surface area contributed by atoms with Crippen LogP contribution in [0.5, 0.6) is 0 Å². The van der Waals surface area contributed by atoms with Gasteiger partial charge in [0.15, 0.2) is 5.82 Å². The van der Waals surface area contributed by atoms with Crippen molar-refractivity contribution in [2.75, 3.05) is 36.0 Å². The fourth-order valence-corrected chi connectivity index (χ4v) is 3.30. The number of hydrogen-bond acceptors (Lipinski definition) is 7. The lowest BCUT2D eigenvalue weighted by Crippen LogP contribution is -2.47.